The Hall–Kier alpha value is -3.68. The van der Waals surface area contributed by atoms with E-state index in [1.54, 1.807) is 47.6 Å². The van der Waals surface area contributed by atoms with Crippen molar-refractivity contribution < 1.29 is 9.59 Å². The summed E-state index contributed by atoms with van der Waals surface area (Å²) in [6.45, 7) is 1.18. The van der Waals surface area contributed by atoms with Gasteiger partial charge in [0.2, 0.25) is 0 Å². The van der Waals surface area contributed by atoms with Crippen LogP contribution in [0.3, 0.4) is 0 Å². The first-order valence-corrected chi connectivity index (χ1v) is 8.13. The topological polar surface area (TPSA) is 103 Å². The van der Waals surface area contributed by atoms with Crippen LogP contribution in [0.4, 0.5) is 16.3 Å². The number of aromatic nitrogens is 3. The number of carbonyl (C=O) groups excluding carboxylic acids is 2. The van der Waals surface area contributed by atoms with Crippen LogP contribution >= 0.6 is 0 Å². The molecule has 3 aromatic rings. The predicted molar refractivity (Wildman–Crippen MR) is 97.0 cm³/mol. The summed E-state index contributed by atoms with van der Waals surface area (Å²) in [5, 5.41) is 12.5. The van der Waals surface area contributed by atoms with Crippen LogP contribution in [0.25, 0.3) is 11.3 Å². The zero-order valence-electron chi connectivity index (χ0n) is 13.8. The number of hydrogen-bond acceptors (Lipinski definition) is 4. The molecule has 8 heteroatoms. The van der Waals surface area contributed by atoms with Crippen LogP contribution in [0.15, 0.2) is 54.9 Å². The number of anilines is 2. The number of carbonyl (C=O) groups is 2. The summed E-state index contributed by atoms with van der Waals surface area (Å²) in [7, 11) is 0. The van der Waals surface area contributed by atoms with Crippen LogP contribution in [0.5, 0.6) is 0 Å². The Kier molecular flexibility index (Phi) is 4.06. The van der Waals surface area contributed by atoms with Gasteiger partial charge in [0.25, 0.3) is 5.91 Å². The molecule has 3 N–H and O–H groups in total. The number of nitrogens with one attached hydrogen (secondary N) is 3. The summed E-state index contributed by atoms with van der Waals surface area (Å²) in [5.41, 5.74) is 2.78. The van der Waals surface area contributed by atoms with Crippen LogP contribution in [0.2, 0.25) is 0 Å². The molecule has 0 bridgehead atoms. The minimum Gasteiger partial charge on any atom is -0.336 e. The van der Waals surface area contributed by atoms with Crippen LogP contribution in [0.1, 0.15) is 10.4 Å². The number of amides is 3. The smallest absolute Gasteiger partial charge is 0.321 e. The fourth-order valence-electron chi connectivity index (χ4n) is 2.78. The van der Waals surface area contributed by atoms with Crippen molar-refractivity contribution in [2.75, 3.05) is 23.3 Å². The molecule has 8 nitrogen and oxygen atoms in total. The van der Waals surface area contributed by atoms with Gasteiger partial charge >= 0.3 is 6.03 Å². The van der Waals surface area contributed by atoms with Crippen LogP contribution in [-0.4, -0.2) is 40.2 Å². The van der Waals surface area contributed by atoms with Gasteiger partial charge in [0.05, 0.1) is 5.69 Å². The summed E-state index contributed by atoms with van der Waals surface area (Å²) < 4.78 is 0. The third kappa shape index (κ3) is 3.12. The van der Waals surface area contributed by atoms with Gasteiger partial charge in [-0.05, 0) is 30.3 Å². The normalized spacial score (nSPS) is 13.5. The van der Waals surface area contributed by atoms with Gasteiger partial charge in [-0.1, -0.05) is 6.07 Å². The summed E-state index contributed by atoms with van der Waals surface area (Å²) in [6, 6.07) is 12.3. The van der Waals surface area contributed by atoms with E-state index in [0.717, 1.165) is 11.3 Å². The average molecular weight is 348 g/mol. The van der Waals surface area contributed by atoms with Crippen molar-refractivity contribution in [1.82, 2.24) is 20.5 Å². The van der Waals surface area contributed by atoms with Crippen LogP contribution < -0.4 is 15.5 Å². The molecule has 0 atom stereocenters. The monoisotopic (exact) mass is 348 g/mol. The first kappa shape index (κ1) is 15.8. The Morgan fingerprint density at radius 2 is 2.12 bits per heavy atom. The quantitative estimate of drug-likeness (QED) is 0.673. The lowest BCUT2D eigenvalue weighted by atomic mass is 10.1. The van der Waals surface area contributed by atoms with E-state index in [9.17, 15) is 9.59 Å². The van der Waals surface area contributed by atoms with E-state index in [0.29, 0.717) is 30.2 Å². The second kappa shape index (κ2) is 6.67. The number of aromatic amines is 1. The zero-order valence-corrected chi connectivity index (χ0v) is 13.8. The molecule has 130 valence electrons. The molecule has 3 heterocycles. The Morgan fingerprint density at radius 1 is 1.19 bits per heavy atom. The van der Waals surface area contributed by atoms with Gasteiger partial charge < -0.3 is 10.6 Å². The molecule has 0 radical (unpaired) electrons. The predicted octanol–water partition coefficient (Wildman–Crippen LogP) is 2.25. The molecular formula is C18H16N6O2. The molecule has 1 fully saturated rings. The Labute approximate surface area is 149 Å². The van der Waals surface area contributed by atoms with Crippen molar-refractivity contribution in [3.63, 3.8) is 0 Å². The number of benzene rings is 1. The fourth-order valence-corrected chi connectivity index (χ4v) is 2.78. The van der Waals surface area contributed by atoms with Gasteiger partial charge in [0.1, 0.15) is 0 Å². The first-order chi connectivity index (χ1) is 12.7. The van der Waals surface area contributed by atoms with E-state index >= 15 is 0 Å². The highest BCUT2D eigenvalue weighted by Gasteiger charge is 2.21. The largest absolute Gasteiger partial charge is 0.336 e. The highest BCUT2D eigenvalue weighted by molar-refractivity contribution is 6.05. The van der Waals surface area contributed by atoms with Crippen molar-refractivity contribution in [3.05, 3.63) is 60.4 Å². The van der Waals surface area contributed by atoms with E-state index in [2.05, 4.69) is 25.8 Å². The standard InChI is InChI=1S/C18H16N6O2/c25-17(12-3-1-5-14(9-12)24-8-7-20-18(24)26)21-16-10-15(22-23-16)13-4-2-6-19-11-13/h1-6,9-11H,7-8H2,(H,20,26)(H2,21,22,23,25). The third-order valence-electron chi connectivity index (χ3n) is 4.07. The number of pyridine rings is 1. The van der Waals surface area contributed by atoms with Crippen LogP contribution in [0, 0.1) is 0 Å². The molecule has 1 aliphatic heterocycles. The molecule has 0 spiro atoms. The zero-order chi connectivity index (χ0) is 17.9. The number of H-pyrrole nitrogens is 1. The average Bonchev–Trinajstić information content (AvgIpc) is 3.31. The summed E-state index contributed by atoms with van der Waals surface area (Å²) >= 11 is 0. The number of rotatable bonds is 4. The van der Waals surface area contributed by atoms with Gasteiger partial charge in [-0.2, -0.15) is 5.10 Å². The fraction of sp³-hybridized carbons (Fsp3) is 0.111. The van der Waals surface area contributed by atoms with Gasteiger partial charge in [-0.15, -0.1) is 0 Å². The molecule has 2 aromatic heterocycles. The lowest BCUT2D eigenvalue weighted by Crippen LogP contribution is -2.27. The molecule has 26 heavy (non-hydrogen) atoms. The van der Waals surface area contributed by atoms with Crippen LogP contribution in [-0.2, 0) is 0 Å². The summed E-state index contributed by atoms with van der Waals surface area (Å²) in [5.74, 6) is 0.119. The lowest BCUT2D eigenvalue weighted by molar-refractivity contribution is 0.102. The second-order valence-electron chi connectivity index (χ2n) is 5.80. The minimum atomic E-state index is -0.296. The number of hydrogen-bond donors (Lipinski definition) is 3. The van der Waals surface area contributed by atoms with Gasteiger partial charge in [-0.3, -0.25) is 19.8 Å². The molecule has 3 amide bonds. The van der Waals surface area contributed by atoms with Gasteiger partial charge in [-0.25, -0.2) is 4.79 Å². The van der Waals surface area contributed by atoms with Crippen molar-refractivity contribution in [2.24, 2.45) is 0 Å². The number of urea groups is 1. The van der Waals surface area contributed by atoms with Gasteiger partial charge in [0, 0.05) is 48.4 Å². The van der Waals surface area contributed by atoms with E-state index in [1.807, 2.05) is 12.1 Å². The third-order valence-corrected chi connectivity index (χ3v) is 4.07. The maximum atomic E-state index is 12.5. The Bertz CT molecular complexity index is 953. The second-order valence-corrected chi connectivity index (χ2v) is 5.80. The maximum Gasteiger partial charge on any atom is 0.321 e. The van der Waals surface area contributed by atoms with E-state index in [-0.39, 0.29) is 11.9 Å². The lowest BCUT2D eigenvalue weighted by Gasteiger charge is -2.14. The summed E-state index contributed by atoms with van der Waals surface area (Å²) in [6.07, 6.45) is 3.40. The van der Waals surface area contributed by atoms with Crippen molar-refractivity contribution in [2.45, 2.75) is 0 Å². The first-order valence-electron chi connectivity index (χ1n) is 8.13. The molecule has 0 aliphatic carbocycles. The van der Waals surface area contributed by atoms with Crippen molar-refractivity contribution >= 4 is 23.4 Å². The van der Waals surface area contributed by atoms with Crippen molar-refractivity contribution in [3.8, 4) is 11.3 Å². The highest BCUT2D eigenvalue weighted by Crippen LogP contribution is 2.21. The molecule has 1 aliphatic rings. The Morgan fingerprint density at radius 3 is 2.88 bits per heavy atom. The van der Waals surface area contributed by atoms with E-state index < -0.39 is 0 Å². The SMILES string of the molecule is O=C(Nc1cc(-c2cccnc2)[nH]n1)c1cccc(N2CCNC2=O)c1. The van der Waals surface area contributed by atoms with Gasteiger partial charge in [0.15, 0.2) is 5.82 Å². The van der Waals surface area contributed by atoms with Crippen molar-refractivity contribution in [1.29, 1.82) is 0 Å². The molecule has 1 aromatic carbocycles. The molecule has 0 unspecified atom stereocenters. The molecule has 1 saturated heterocycles. The maximum absolute atomic E-state index is 12.5. The van der Waals surface area contributed by atoms with E-state index in [4.69, 9.17) is 0 Å². The minimum absolute atomic E-state index is 0.157. The molecule has 4 rings (SSSR count). The Balaban J connectivity index is 1.50. The van der Waals surface area contributed by atoms with E-state index in [1.165, 1.54) is 0 Å². The molecular weight excluding hydrogens is 332 g/mol. The molecule has 0 saturated carbocycles. The summed E-state index contributed by atoms with van der Waals surface area (Å²) in [4.78, 5) is 30.0. The number of nitrogens with zero attached hydrogens (tertiary/aromatic N) is 3. The highest BCUT2D eigenvalue weighted by atomic mass is 16.2.